The number of aromatic nitrogens is 1. The zero-order valence-corrected chi connectivity index (χ0v) is 11.8. The molecule has 0 amide bonds. The Morgan fingerprint density at radius 1 is 1.12 bits per heavy atom. The van der Waals surface area contributed by atoms with Crippen molar-refractivity contribution in [3.8, 4) is 11.3 Å². The molecule has 90 valence electrons. The van der Waals surface area contributed by atoms with Crippen LogP contribution in [0.15, 0.2) is 29.6 Å². The largest absolute Gasteiger partial charge is 0.241 e. The third-order valence-electron chi connectivity index (χ3n) is 2.90. The van der Waals surface area contributed by atoms with Gasteiger partial charge in [0.05, 0.1) is 10.7 Å². The molecule has 1 heterocycles. The molecule has 2 rings (SSSR count). The number of hydrogen-bond acceptors (Lipinski definition) is 2. The second-order valence-electron chi connectivity index (χ2n) is 5.31. The predicted molar refractivity (Wildman–Crippen MR) is 75.6 cm³/mol. The highest BCUT2D eigenvalue weighted by Crippen LogP contribution is 2.26. The Morgan fingerprint density at radius 2 is 1.76 bits per heavy atom. The first-order chi connectivity index (χ1) is 8.00. The van der Waals surface area contributed by atoms with Crippen molar-refractivity contribution in [1.29, 1.82) is 0 Å². The van der Waals surface area contributed by atoms with E-state index in [1.54, 1.807) is 11.3 Å². The molecule has 2 aromatic rings. The van der Waals surface area contributed by atoms with Gasteiger partial charge in [0.25, 0.3) is 0 Å². The lowest BCUT2D eigenvalue weighted by atomic mass is 9.86. The number of nitrogens with zero attached hydrogens (tertiary/aromatic N) is 1. The number of benzene rings is 1. The van der Waals surface area contributed by atoms with Crippen molar-refractivity contribution in [2.75, 3.05) is 0 Å². The smallest absolute Gasteiger partial charge is 0.0929 e. The lowest BCUT2D eigenvalue weighted by Gasteiger charge is -2.18. The fourth-order valence-corrected chi connectivity index (χ4v) is 2.50. The van der Waals surface area contributed by atoms with Gasteiger partial charge in [0.1, 0.15) is 0 Å². The van der Waals surface area contributed by atoms with Gasteiger partial charge in [0.15, 0.2) is 0 Å². The summed E-state index contributed by atoms with van der Waals surface area (Å²) in [6, 6.07) is 8.77. The van der Waals surface area contributed by atoms with E-state index in [0.29, 0.717) is 0 Å². The van der Waals surface area contributed by atoms with E-state index in [2.05, 4.69) is 62.3 Å². The van der Waals surface area contributed by atoms with Crippen LogP contribution in [0, 0.1) is 0 Å². The third-order valence-corrected chi connectivity index (χ3v) is 3.89. The van der Waals surface area contributed by atoms with Crippen LogP contribution >= 0.6 is 11.3 Å². The summed E-state index contributed by atoms with van der Waals surface area (Å²) in [5, 5.41) is 3.35. The standard InChI is InChI=1S/C15H19NS/c1-5-14-16-13(10-17-14)11-6-8-12(9-7-11)15(2,3)4/h6-10H,5H2,1-4H3. The molecular weight excluding hydrogens is 226 g/mol. The summed E-state index contributed by atoms with van der Waals surface area (Å²) in [4.78, 5) is 4.61. The van der Waals surface area contributed by atoms with Crippen LogP contribution in [-0.4, -0.2) is 4.98 Å². The molecule has 0 aliphatic carbocycles. The van der Waals surface area contributed by atoms with Gasteiger partial charge in [-0.25, -0.2) is 4.98 Å². The molecule has 17 heavy (non-hydrogen) atoms. The van der Waals surface area contributed by atoms with Crippen molar-refractivity contribution < 1.29 is 0 Å². The van der Waals surface area contributed by atoms with Gasteiger partial charge >= 0.3 is 0 Å². The Balaban J connectivity index is 2.29. The van der Waals surface area contributed by atoms with E-state index in [4.69, 9.17) is 0 Å². The molecule has 0 saturated carbocycles. The molecule has 0 radical (unpaired) electrons. The highest BCUT2D eigenvalue weighted by molar-refractivity contribution is 7.09. The molecule has 1 aromatic heterocycles. The van der Waals surface area contributed by atoms with Crippen molar-refractivity contribution >= 4 is 11.3 Å². The van der Waals surface area contributed by atoms with Crippen molar-refractivity contribution in [2.24, 2.45) is 0 Å². The fourth-order valence-electron chi connectivity index (χ4n) is 1.75. The molecule has 0 fully saturated rings. The molecule has 0 spiro atoms. The average Bonchev–Trinajstić information content (AvgIpc) is 2.76. The summed E-state index contributed by atoms with van der Waals surface area (Å²) in [5.41, 5.74) is 3.91. The number of aryl methyl sites for hydroxylation is 1. The minimum Gasteiger partial charge on any atom is -0.241 e. The molecular formula is C15H19NS. The van der Waals surface area contributed by atoms with E-state index >= 15 is 0 Å². The highest BCUT2D eigenvalue weighted by atomic mass is 32.1. The molecule has 0 bridgehead atoms. The monoisotopic (exact) mass is 245 g/mol. The third kappa shape index (κ3) is 2.75. The van der Waals surface area contributed by atoms with Gasteiger partial charge in [-0.2, -0.15) is 0 Å². The lowest BCUT2D eigenvalue weighted by Crippen LogP contribution is -2.10. The Bertz CT molecular complexity index is 488. The minimum atomic E-state index is 0.217. The Hall–Kier alpha value is -1.15. The van der Waals surface area contributed by atoms with E-state index in [-0.39, 0.29) is 5.41 Å². The maximum absolute atomic E-state index is 4.61. The van der Waals surface area contributed by atoms with Crippen LogP contribution in [0.25, 0.3) is 11.3 Å². The van der Waals surface area contributed by atoms with E-state index in [1.807, 2.05) is 0 Å². The molecule has 0 saturated heterocycles. The summed E-state index contributed by atoms with van der Waals surface area (Å²) in [6.45, 7) is 8.85. The first-order valence-electron chi connectivity index (χ1n) is 6.06. The zero-order valence-electron chi connectivity index (χ0n) is 10.9. The molecule has 2 heteroatoms. The van der Waals surface area contributed by atoms with Crippen molar-refractivity contribution in [3.63, 3.8) is 0 Å². The molecule has 0 N–H and O–H groups in total. The normalized spacial score (nSPS) is 11.8. The summed E-state index contributed by atoms with van der Waals surface area (Å²) < 4.78 is 0. The molecule has 0 aliphatic heterocycles. The fraction of sp³-hybridized carbons (Fsp3) is 0.400. The minimum absolute atomic E-state index is 0.217. The van der Waals surface area contributed by atoms with Crippen molar-refractivity contribution in [1.82, 2.24) is 4.98 Å². The van der Waals surface area contributed by atoms with E-state index in [9.17, 15) is 0 Å². The van der Waals surface area contributed by atoms with Crippen LogP contribution < -0.4 is 0 Å². The quantitative estimate of drug-likeness (QED) is 0.749. The van der Waals surface area contributed by atoms with Crippen molar-refractivity contribution in [3.05, 3.63) is 40.2 Å². The zero-order chi connectivity index (χ0) is 12.5. The van der Waals surface area contributed by atoms with Crippen LogP contribution in [-0.2, 0) is 11.8 Å². The van der Waals surface area contributed by atoms with Gasteiger partial charge in [0.2, 0.25) is 0 Å². The molecule has 0 unspecified atom stereocenters. The van der Waals surface area contributed by atoms with E-state index in [0.717, 1.165) is 12.1 Å². The van der Waals surface area contributed by atoms with Crippen LogP contribution in [0.5, 0.6) is 0 Å². The average molecular weight is 245 g/mol. The summed E-state index contributed by atoms with van der Waals surface area (Å²) in [6.07, 6.45) is 1.02. The number of thiazole rings is 1. The summed E-state index contributed by atoms with van der Waals surface area (Å²) in [7, 11) is 0. The van der Waals surface area contributed by atoms with Gasteiger partial charge < -0.3 is 0 Å². The second-order valence-corrected chi connectivity index (χ2v) is 6.25. The van der Waals surface area contributed by atoms with Gasteiger partial charge in [-0.15, -0.1) is 11.3 Å². The molecule has 0 aliphatic rings. The van der Waals surface area contributed by atoms with Crippen LogP contribution in [0.4, 0.5) is 0 Å². The van der Waals surface area contributed by atoms with Gasteiger partial charge in [-0.1, -0.05) is 52.0 Å². The molecule has 1 aromatic carbocycles. The van der Waals surface area contributed by atoms with Crippen LogP contribution in [0.3, 0.4) is 0 Å². The van der Waals surface area contributed by atoms with Crippen molar-refractivity contribution in [2.45, 2.75) is 39.5 Å². The number of hydrogen-bond donors (Lipinski definition) is 0. The number of rotatable bonds is 2. The maximum Gasteiger partial charge on any atom is 0.0929 e. The van der Waals surface area contributed by atoms with Crippen LogP contribution in [0.2, 0.25) is 0 Å². The van der Waals surface area contributed by atoms with Gasteiger partial charge in [-0.05, 0) is 17.4 Å². The summed E-state index contributed by atoms with van der Waals surface area (Å²) in [5.74, 6) is 0. The first-order valence-corrected chi connectivity index (χ1v) is 6.94. The molecule has 1 nitrogen and oxygen atoms in total. The topological polar surface area (TPSA) is 12.9 Å². The maximum atomic E-state index is 4.61. The Labute approximate surface area is 108 Å². The Kier molecular flexibility index (Phi) is 3.34. The van der Waals surface area contributed by atoms with E-state index in [1.165, 1.54) is 16.1 Å². The van der Waals surface area contributed by atoms with Gasteiger partial charge in [-0.3, -0.25) is 0 Å². The first kappa shape index (κ1) is 12.3. The second kappa shape index (κ2) is 4.61. The SMILES string of the molecule is CCc1nc(-c2ccc(C(C)(C)C)cc2)cs1. The predicted octanol–water partition coefficient (Wildman–Crippen LogP) is 4.67. The van der Waals surface area contributed by atoms with E-state index < -0.39 is 0 Å². The van der Waals surface area contributed by atoms with Crippen LogP contribution in [0.1, 0.15) is 38.3 Å². The summed E-state index contributed by atoms with van der Waals surface area (Å²) >= 11 is 1.74. The lowest BCUT2D eigenvalue weighted by molar-refractivity contribution is 0.590. The Morgan fingerprint density at radius 3 is 2.24 bits per heavy atom. The van der Waals surface area contributed by atoms with Gasteiger partial charge in [0, 0.05) is 10.9 Å². The molecule has 0 atom stereocenters. The highest BCUT2D eigenvalue weighted by Gasteiger charge is 2.13.